The maximum atomic E-state index is 12.4. The van der Waals surface area contributed by atoms with Crippen molar-refractivity contribution in [2.45, 2.75) is 17.9 Å². The molecule has 3 aromatic rings. The third-order valence-electron chi connectivity index (χ3n) is 4.54. The average molecular weight is 484 g/mol. The number of amides is 1. The third-order valence-corrected chi connectivity index (χ3v) is 5.69. The molecule has 0 radical (unpaired) electrons. The summed E-state index contributed by atoms with van der Waals surface area (Å²) in [5.41, 5.74) is -0.588. The van der Waals surface area contributed by atoms with Crippen LogP contribution in [0.2, 0.25) is 0 Å². The summed E-state index contributed by atoms with van der Waals surface area (Å²) in [7, 11) is -3.88. The molecule has 0 aliphatic heterocycles. The molecular formula is C23H20N2O8S. The zero-order valence-electron chi connectivity index (χ0n) is 18.1. The molecule has 3 rings (SSSR count). The lowest BCUT2D eigenvalue weighted by molar-refractivity contribution is -0.387. The molecule has 1 N–H and O–H groups in total. The fourth-order valence-corrected chi connectivity index (χ4v) is 3.69. The number of carbonyl (C=O) groups is 2. The van der Waals surface area contributed by atoms with Gasteiger partial charge in [-0.05, 0) is 55.5 Å². The second-order valence-electron chi connectivity index (χ2n) is 7.19. The Hall–Kier alpha value is -4.25. The second-order valence-corrected chi connectivity index (χ2v) is 9.17. The molecule has 0 saturated carbocycles. The molecule has 0 bridgehead atoms. The van der Waals surface area contributed by atoms with Crippen molar-refractivity contribution < 1.29 is 32.4 Å². The van der Waals surface area contributed by atoms with Gasteiger partial charge in [0, 0.05) is 18.0 Å². The number of nitrogens with zero attached hydrogens (tertiary/aromatic N) is 1. The lowest BCUT2D eigenvalue weighted by Crippen LogP contribution is -2.30. The van der Waals surface area contributed by atoms with E-state index in [2.05, 4.69) is 5.32 Å². The van der Waals surface area contributed by atoms with Gasteiger partial charge in [0.1, 0.15) is 16.4 Å². The van der Waals surface area contributed by atoms with Gasteiger partial charge in [-0.3, -0.25) is 14.9 Å². The molecule has 0 aliphatic rings. The largest absolute Gasteiger partial charge is 0.457 e. The number of nitro groups is 1. The second kappa shape index (κ2) is 10.1. The van der Waals surface area contributed by atoms with E-state index < -0.39 is 43.3 Å². The summed E-state index contributed by atoms with van der Waals surface area (Å²) >= 11 is 0. The number of esters is 1. The minimum absolute atomic E-state index is 0.263. The van der Waals surface area contributed by atoms with Crippen LogP contribution in [0.5, 0.6) is 11.5 Å². The quantitative estimate of drug-likeness (QED) is 0.287. The maximum absolute atomic E-state index is 12.4. The van der Waals surface area contributed by atoms with Gasteiger partial charge in [-0.2, -0.15) is 0 Å². The van der Waals surface area contributed by atoms with Gasteiger partial charge in [-0.25, -0.2) is 13.2 Å². The molecule has 0 saturated heterocycles. The van der Waals surface area contributed by atoms with Crippen LogP contribution in [0.1, 0.15) is 17.3 Å². The number of sulfone groups is 1. The summed E-state index contributed by atoms with van der Waals surface area (Å²) in [6.07, 6.45) is -0.415. The number of hydrogen-bond donors (Lipinski definition) is 1. The topological polar surface area (TPSA) is 142 Å². The van der Waals surface area contributed by atoms with Gasteiger partial charge in [-0.1, -0.05) is 18.2 Å². The van der Waals surface area contributed by atoms with E-state index in [1.165, 1.54) is 6.92 Å². The van der Waals surface area contributed by atoms with E-state index in [1.54, 1.807) is 36.4 Å². The molecule has 0 heterocycles. The predicted octanol–water partition coefficient (Wildman–Crippen LogP) is 3.97. The van der Waals surface area contributed by atoms with Crippen molar-refractivity contribution in [3.8, 4) is 11.5 Å². The minimum Gasteiger partial charge on any atom is -0.457 e. The number of nitrogens with one attached hydrogen (secondary N) is 1. The van der Waals surface area contributed by atoms with E-state index in [9.17, 15) is 28.1 Å². The summed E-state index contributed by atoms with van der Waals surface area (Å²) in [6, 6.07) is 18.5. The highest BCUT2D eigenvalue weighted by atomic mass is 32.2. The molecule has 1 amide bonds. The number of anilines is 1. The van der Waals surface area contributed by atoms with Gasteiger partial charge in [0.05, 0.1) is 10.5 Å². The Morgan fingerprint density at radius 1 is 0.971 bits per heavy atom. The Balaban J connectivity index is 1.63. The van der Waals surface area contributed by atoms with Crippen molar-refractivity contribution in [1.82, 2.24) is 0 Å². The van der Waals surface area contributed by atoms with Crippen molar-refractivity contribution >= 4 is 33.1 Å². The van der Waals surface area contributed by atoms with Crippen LogP contribution in [-0.4, -0.2) is 37.6 Å². The summed E-state index contributed by atoms with van der Waals surface area (Å²) in [4.78, 5) is 34.6. The molecule has 3 aromatic carbocycles. The predicted molar refractivity (Wildman–Crippen MR) is 123 cm³/mol. The van der Waals surface area contributed by atoms with E-state index in [-0.39, 0.29) is 5.56 Å². The van der Waals surface area contributed by atoms with Gasteiger partial charge < -0.3 is 14.8 Å². The van der Waals surface area contributed by atoms with Crippen LogP contribution >= 0.6 is 0 Å². The van der Waals surface area contributed by atoms with Gasteiger partial charge in [-0.15, -0.1) is 0 Å². The summed E-state index contributed by atoms with van der Waals surface area (Å²) < 4.78 is 34.2. The Morgan fingerprint density at radius 2 is 1.59 bits per heavy atom. The van der Waals surface area contributed by atoms with E-state index in [0.29, 0.717) is 17.2 Å². The van der Waals surface area contributed by atoms with E-state index >= 15 is 0 Å². The van der Waals surface area contributed by atoms with E-state index in [0.717, 1.165) is 24.5 Å². The van der Waals surface area contributed by atoms with Crippen molar-refractivity contribution in [1.29, 1.82) is 0 Å². The molecule has 1 unspecified atom stereocenters. The van der Waals surface area contributed by atoms with Crippen LogP contribution in [0.3, 0.4) is 0 Å². The number of ether oxygens (including phenoxy) is 2. The SMILES string of the molecule is CC(OC(=O)c1ccc(S(C)(=O)=O)c([N+](=O)[O-])c1)C(=O)Nc1ccc(Oc2ccccc2)cc1. The van der Waals surface area contributed by atoms with Crippen LogP contribution in [0.15, 0.2) is 77.7 Å². The summed E-state index contributed by atoms with van der Waals surface area (Å²) in [5, 5.41) is 13.8. The van der Waals surface area contributed by atoms with Gasteiger partial charge in [0.15, 0.2) is 15.9 Å². The first-order valence-corrected chi connectivity index (χ1v) is 11.8. The normalized spacial score (nSPS) is 11.8. The highest BCUT2D eigenvalue weighted by molar-refractivity contribution is 7.90. The number of rotatable bonds is 8. The molecule has 176 valence electrons. The van der Waals surface area contributed by atoms with Crippen molar-refractivity contribution in [3.63, 3.8) is 0 Å². The van der Waals surface area contributed by atoms with Crippen molar-refractivity contribution in [2.75, 3.05) is 11.6 Å². The van der Waals surface area contributed by atoms with Crippen LogP contribution in [0.25, 0.3) is 0 Å². The first kappa shape index (κ1) is 24.4. The minimum atomic E-state index is -3.88. The number of benzene rings is 3. The molecule has 0 aromatic heterocycles. The summed E-state index contributed by atoms with van der Waals surface area (Å²) in [6.45, 7) is 1.33. The molecule has 11 heteroatoms. The van der Waals surface area contributed by atoms with Gasteiger partial charge >= 0.3 is 5.97 Å². The number of hydrogen-bond acceptors (Lipinski definition) is 8. The van der Waals surface area contributed by atoms with Crippen molar-refractivity contribution in [3.05, 3.63) is 88.5 Å². The fraction of sp³-hybridized carbons (Fsp3) is 0.130. The van der Waals surface area contributed by atoms with Gasteiger partial charge in [0.2, 0.25) is 0 Å². The molecule has 0 fully saturated rings. The monoisotopic (exact) mass is 484 g/mol. The zero-order valence-corrected chi connectivity index (χ0v) is 18.9. The molecular weight excluding hydrogens is 464 g/mol. The van der Waals surface area contributed by atoms with E-state index in [1.807, 2.05) is 18.2 Å². The lowest BCUT2D eigenvalue weighted by atomic mass is 10.2. The number of carbonyl (C=O) groups excluding carboxylic acids is 2. The highest BCUT2D eigenvalue weighted by Crippen LogP contribution is 2.26. The van der Waals surface area contributed by atoms with E-state index in [4.69, 9.17) is 9.47 Å². The van der Waals surface area contributed by atoms with Crippen LogP contribution < -0.4 is 10.1 Å². The Morgan fingerprint density at radius 3 is 2.18 bits per heavy atom. The average Bonchev–Trinajstić information content (AvgIpc) is 2.80. The smallest absolute Gasteiger partial charge is 0.339 e. The highest BCUT2D eigenvalue weighted by Gasteiger charge is 2.26. The van der Waals surface area contributed by atoms with Crippen molar-refractivity contribution in [2.24, 2.45) is 0 Å². The van der Waals surface area contributed by atoms with Crippen LogP contribution in [-0.2, 0) is 19.4 Å². The Kier molecular flexibility index (Phi) is 7.27. The molecule has 10 nitrogen and oxygen atoms in total. The maximum Gasteiger partial charge on any atom is 0.339 e. The zero-order chi connectivity index (χ0) is 24.9. The Labute approximate surface area is 195 Å². The lowest BCUT2D eigenvalue weighted by Gasteiger charge is -2.14. The summed E-state index contributed by atoms with van der Waals surface area (Å²) in [5.74, 6) is -0.433. The molecule has 0 aliphatic carbocycles. The number of para-hydroxylation sites is 1. The van der Waals surface area contributed by atoms with Gasteiger partial charge in [0.25, 0.3) is 11.6 Å². The molecule has 34 heavy (non-hydrogen) atoms. The standard InChI is InChI=1S/C23H20N2O8S/c1-15(32-23(27)16-8-13-21(34(2,30)31)20(14-16)25(28)29)22(26)24-17-9-11-19(12-10-17)33-18-6-4-3-5-7-18/h3-15H,1-2H3,(H,24,26). The molecule has 1 atom stereocenters. The third kappa shape index (κ3) is 6.17. The molecule has 0 spiro atoms. The Bertz CT molecular complexity index is 1320. The van der Waals surface area contributed by atoms with Crippen LogP contribution in [0, 0.1) is 10.1 Å². The number of nitro benzene ring substituents is 1. The van der Waals surface area contributed by atoms with Crippen LogP contribution in [0.4, 0.5) is 11.4 Å². The first-order valence-electron chi connectivity index (χ1n) is 9.88. The fourth-order valence-electron chi connectivity index (χ4n) is 2.86. The first-order chi connectivity index (χ1) is 16.0.